The summed E-state index contributed by atoms with van der Waals surface area (Å²) in [6.07, 6.45) is 1.59. The topological polar surface area (TPSA) is 45.5 Å². The molecule has 0 atom stereocenters. The average Bonchev–Trinajstić information content (AvgIpc) is 2.48. The fraction of sp³-hybridized carbons (Fsp3) is 0.500. The lowest BCUT2D eigenvalue weighted by Crippen LogP contribution is -2.54. The highest BCUT2D eigenvalue weighted by Crippen LogP contribution is 2.36. The Hall–Kier alpha value is -1.45. The Morgan fingerprint density at radius 3 is 3.00 bits per heavy atom. The molecule has 1 aromatic rings. The maximum Gasteiger partial charge on any atom is 0.224 e. The average molecular weight is 194 g/mol. The lowest BCUT2D eigenvalue weighted by Gasteiger charge is -2.41. The highest BCUT2D eigenvalue weighted by atomic mass is 16.3. The number of hydrogen-bond donors (Lipinski definition) is 1. The maximum atomic E-state index is 11.5. The summed E-state index contributed by atoms with van der Waals surface area (Å²) in [5.74, 6) is 0.721. The predicted molar refractivity (Wildman–Crippen MR) is 54.4 cm³/mol. The Balaban J connectivity index is 2.49. The van der Waals surface area contributed by atoms with Crippen LogP contribution in [0.25, 0.3) is 0 Å². The second-order valence-electron chi connectivity index (χ2n) is 4.16. The third-order valence-electron chi connectivity index (χ3n) is 2.49. The van der Waals surface area contributed by atoms with Crippen LogP contribution in [0, 0.1) is 0 Å². The smallest absolute Gasteiger partial charge is 0.224 e. The Labute approximate surface area is 82.9 Å². The first-order valence-electron chi connectivity index (χ1n) is 4.64. The normalized spacial score (nSPS) is 18.6. The van der Waals surface area contributed by atoms with Gasteiger partial charge in [0.1, 0.15) is 5.69 Å². The molecule has 1 amide bonds. The van der Waals surface area contributed by atoms with Gasteiger partial charge in [-0.3, -0.25) is 4.79 Å². The van der Waals surface area contributed by atoms with E-state index in [1.54, 1.807) is 18.1 Å². The zero-order chi connectivity index (χ0) is 10.3. The van der Waals surface area contributed by atoms with E-state index in [0.717, 1.165) is 5.69 Å². The van der Waals surface area contributed by atoms with Crippen molar-refractivity contribution in [1.29, 1.82) is 0 Å². The number of furan rings is 1. The third kappa shape index (κ3) is 1.18. The molecule has 0 radical (unpaired) electrons. The largest absolute Gasteiger partial charge is 0.447 e. The Morgan fingerprint density at radius 2 is 2.36 bits per heavy atom. The zero-order valence-electron chi connectivity index (χ0n) is 8.63. The van der Waals surface area contributed by atoms with Gasteiger partial charge in [0.05, 0.1) is 11.8 Å². The second-order valence-corrected chi connectivity index (χ2v) is 4.16. The third-order valence-corrected chi connectivity index (χ3v) is 2.49. The van der Waals surface area contributed by atoms with E-state index in [0.29, 0.717) is 12.4 Å². The summed E-state index contributed by atoms with van der Waals surface area (Å²) in [7, 11) is 0. The Kier molecular flexibility index (Phi) is 1.80. The molecule has 0 spiro atoms. The molecule has 1 aliphatic heterocycles. The van der Waals surface area contributed by atoms with Crippen LogP contribution in [0.15, 0.2) is 16.7 Å². The molecule has 14 heavy (non-hydrogen) atoms. The quantitative estimate of drug-likeness (QED) is 0.685. The first-order chi connectivity index (χ1) is 6.52. The molecule has 76 valence electrons. The molecule has 1 N–H and O–H groups in total. The minimum atomic E-state index is -0.206. The number of amides is 1. The van der Waals surface area contributed by atoms with E-state index in [-0.39, 0.29) is 11.4 Å². The number of carbonyl (C=O) groups excluding carboxylic acids is 1. The van der Waals surface area contributed by atoms with Crippen LogP contribution in [0.1, 0.15) is 20.8 Å². The van der Waals surface area contributed by atoms with E-state index < -0.39 is 0 Å². The summed E-state index contributed by atoms with van der Waals surface area (Å²) >= 11 is 0. The molecule has 0 aliphatic carbocycles. The molecule has 4 heteroatoms. The van der Waals surface area contributed by atoms with Gasteiger partial charge in [0.25, 0.3) is 0 Å². The van der Waals surface area contributed by atoms with Crippen molar-refractivity contribution in [3.63, 3.8) is 0 Å². The Bertz CT molecular complexity index is 368. The first kappa shape index (κ1) is 9.12. The molecule has 0 fully saturated rings. The van der Waals surface area contributed by atoms with E-state index in [2.05, 4.69) is 5.32 Å². The molecular formula is C10H14N2O2. The number of fused-ring (bicyclic) bond motifs is 1. The second kappa shape index (κ2) is 2.77. The molecule has 2 heterocycles. The van der Waals surface area contributed by atoms with Gasteiger partial charge in [-0.2, -0.15) is 0 Å². The van der Waals surface area contributed by atoms with Crippen molar-refractivity contribution >= 4 is 17.5 Å². The molecule has 0 unspecified atom stereocenters. The van der Waals surface area contributed by atoms with Crippen LogP contribution in [0.4, 0.5) is 11.6 Å². The van der Waals surface area contributed by atoms with E-state index in [9.17, 15) is 4.79 Å². The van der Waals surface area contributed by atoms with E-state index in [1.165, 1.54) is 0 Å². The maximum absolute atomic E-state index is 11.5. The van der Waals surface area contributed by atoms with Crippen molar-refractivity contribution < 1.29 is 9.21 Å². The van der Waals surface area contributed by atoms with E-state index >= 15 is 0 Å². The van der Waals surface area contributed by atoms with Crippen molar-refractivity contribution in [2.45, 2.75) is 26.3 Å². The van der Waals surface area contributed by atoms with Gasteiger partial charge in [-0.1, -0.05) is 0 Å². The minimum Gasteiger partial charge on any atom is -0.447 e. The fourth-order valence-electron chi connectivity index (χ4n) is 1.91. The van der Waals surface area contributed by atoms with Gasteiger partial charge < -0.3 is 14.6 Å². The number of hydrogen-bond acceptors (Lipinski definition) is 3. The highest BCUT2D eigenvalue weighted by molar-refractivity contribution is 5.96. The molecule has 4 nitrogen and oxygen atoms in total. The van der Waals surface area contributed by atoms with Crippen LogP contribution in [-0.4, -0.2) is 18.0 Å². The van der Waals surface area contributed by atoms with Gasteiger partial charge >= 0.3 is 0 Å². The van der Waals surface area contributed by atoms with E-state index in [1.807, 2.05) is 19.9 Å². The minimum absolute atomic E-state index is 0.0409. The van der Waals surface area contributed by atoms with Gasteiger partial charge in [0.2, 0.25) is 11.8 Å². The van der Waals surface area contributed by atoms with Gasteiger partial charge in [-0.05, 0) is 13.8 Å². The summed E-state index contributed by atoms with van der Waals surface area (Å²) in [5, 5.41) is 3.16. The van der Waals surface area contributed by atoms with Crippen LogP contribution in [0.3, 0.4) is 0 Å². The van der Waals surface area contributed by atoms with Crippen molar-refractivity contribution in [3.05, 3.63) is 12.3 Å². The predicted octanol–water partition coefficient (Wildman–Crippen LogP) is 1.84. The molecule has 0 bridgehead atoms. The van der Waals surface area contributed by atoms with Crippen molar-refractivity contribution in [1.82, 2.24) is 0 Å². The van der Waals surface area contributed by atoms with Crippen LogP contribution in [-0.2, 0) is 4.79 Å². The number of anilines is 2. The number of carbonyl (C=O) groups is 1. The molecule has 1 aromatic heterocycles. The number of rotatable bonds is 0. The van der Waals surface area contributed by atoms with Crippen LogP contribution in [0.5, 0.6) is 0 Å². The SMILES string of the molecule is CC(=O)N1c2ccoc2NCC1(C)C. The monoisotopic (exact) mass is 194 g/mol. The van der Waals surface area contributed by atoms with Crippen molar-refractivity contribution in [3.8, 4) is 0 Å². The molecule has 0 aromatic carbocycles. The summed E-state index contributed by atoms with van der Waals surface area (Å²) in [6, 6.07) is 1.81. The number of nitrogens with zero attached hydrogens (tertiary/aromatic N) is 1. The first-order valence-corrected chi connectivity index (χ1v) is 4.64. The molecule has 0 saturated carbocycles. The van der Waals surface area contributed by atoms with Gasteiger partial charge in [0, 0.05) is 19.5 Å². The summed E-state index contributed by atoms with van der Waals surface area (Å²) in [4.78, 5) is 13.3. The lowest BCUT2D eigenvalue weighted by molar-refractivity contribution is -0.117. The van der Waals surface area contributed by atoms with Gasteiger partial charge in [-0.15, -0.1) is 0 Å². The molecule has 1 aliphatic rings. The van der Waals surface area contributed by atoms with Crippen LogP contribution >= 0.6 is 0 Å². The van der Waals surface area contributed by atoms with E-state index in [4.69, 9.17) is 4.42 Å². The standard InChI is InChI=1S/C10H14N2O2/c1-7(13)12-8-4-5-14-9(8)11-6-10(12,2)3/h4-5,11H,6H2,1-3H3. The molecule has 2 rings (SSSR count). The summed E-state index contributed by atoms with van der Waals surface area (Å²) < 4.78 is 5.22. The van der Waals surface area contributed by atoms with Gasteiger partial charge in [-0.25, -0.2) is 0 Å². The summed E-state index contributed by atoms with van der Waals surface area (Å²) in [6.45, 7) is 6.33. The fourth-order valence-corrected chi connectivity index (χ4v) is 1.91. The number of nitrogens with one attached hydrogen (secondary N) is 1. The highest BCUT2D eigenvalue weighted by Gasteiger charge is 2.36. The van der Waals surface area contributed by atoms with Crippen molar-refractivity contribution in [2.24, 2.45) is 0 Å². The molecule has 0 saturated heterocycles. The lowest BCUT2D eigenvalue weighted by atomic mass is 9.99. The molecular weight excluding hydrogens is 180 g/mol. The van der Waals surface area contributed by atoms with Crippen LogP contribution in [0.2, 0.25) is 0 Å². The zero-order valence-corrected chi connectivity index (χ0v) is 8.63. The van der Waals surface area contributed by atoms with Crippen LogP contribution < -0.4 is 10.2 Å². The Morgan fingerprint density at radius 1 is 1.64 bits per heavy atom. The van der Waals surface area contributed by atoms with Crippen molar-refractivity contribution in [2.75, 3.05) is 16.8 Å². The summed E-state index contributed by atoms with van der Waals surface area (Å²) in [5.41, 5.74) is 0.622. The van der Waals surface area contributed by atoms with Gasteiger partial charge in [0.15, 0.2) is 0 Å².